The number of unbranched alkanes of at least 4 members (excludes halogenated alkanes) is 24. The highest BCUT2D eigenvalue weighted by atomic mass is 16.3. The molecule has 1 atom stereocenters. The van der Waals surface area contributed by atoms with Gasteiger partial charge in [0.25, 0.3) is 0 Å². The first-order valence-electron chi connectivity index (χ1n) is 23.7. The van der Waals surface area contributed by atoms with Crippen LogP contribution in [-0.2, 0) is 0 Å². The Morgan fingerprint density at radius 1 is 0.582 bits per heavy atom. The number of hydrogen-bond acceptors (Lipinski definition) is 4. The molecule has 0 spiro atoms. The van der Waals surface area contributed by atoms with Crippen LogP contribution in [0.5, 0.6) is 0 Å². The van der Waals surface area contributed by atoms with Crippen molar-refractivity contribution in [1.29, 1.82) is 0 Å². The third-order valence-electron chi connectivity index (χ3n) is 13.4. The molecule has 0 bridgehead atoms. The van der Waals surface area contributed by atoms with Crippen LogP contribution in [0.3, 0.4) is 0 Å². The highest BCUT2D eigenvalue weighted by Gasteiger charge is 2.38. The van der Waals surface area contributed by atoms with Gasteiger partial charge in [0.15, 0.2) is 0 Å². The number of rotatable bonds is 32. The smallest absolute Gasteiger partial charge is 0.335 e. The van der Waals surface area contributed by atoms with Gasteiger partial charge in [-0.1, -0.05) is 180 Å². The number of amides is 2. The minimum atomic E-state index is -0.421. The van der Waals surface area contributed by atoms with Gasteiger partial charge in [-0.2, -0.15) is 5.10 Å². The second-order valence-electron chi connectivity index (χ2n) is 19.0. The zero-order chi connectivity index (χ0) is 40.4. The van der Waals surface area contributed by atoms with Gasteiger partial charge >= 0.3 is 6.03 Å². The lowest BCUT2D eigenvalue weighted by atomic mass is 9.69. The summed E-state index contributed by atoms with van der Waals surface area (Å²) in [5, 5.41) is 24.6. The van der Waals surface area contributed by atoms with Crippen molar-refractivity contribution in [3.63, 3.8) is 0 Å². The van der Waals surface area contributed by atoms with E-state index in [-0.39, 0.29) is 16.9 Å². The fraction of sp³-hybridized carbons (Fsp3) is 0.878. The predicted molar refractivity (Wildman–Crippen MR) is 238 cm³/mol. The average Bonchev–Trinajstić information content (AvgIpc) is 3.14. The summed E-state index contributed by atoms with van der Waals surface area (Å²) in [5.41, 5.74) is 13.2. The van der Waals surface area contributed by atoms with Gasteiger partial charge in [-0.25, -0.2) is 9.80 Å². The van der Waals surface area contributed by atoms with E-state index < -0.39 is 6.03 Å². The number of nitrogens with zero attached hydrogens (tertiary/aromatic N) is 2. The molecule has 2 aliphatic rings. The molecule has 0 aromatic carbocycles. The molecule has 0 saturated heterocycles. The number of aliphatic hydroxyl groups excluding tert-OH is 2. The molecule has 55 heavy (non-hydrogen) atoms. The second-order valence-corrected chi connectivity index (χ2v) is 19.0. The molecule has 6 heteroatoms. The van der Waals surface area contributed by atoms with Gasteiger partial charge in [0.2, 0.25) is 0 Å². The standard InChI is InChI=1S/C49H91N3O3/c1-41-43(33-29-25-21-17-13-9-7-11-15-19-23-27-31-39-53)48(3,4)37-35-45(41)51-52(47(50)55)46-36-38-49(5,6)44(42(46)2)34-30-26-22-18-14-10-8-12-16-20-24-28-32-40-54/h46,53-54H,7-40H2,1-6H3,(H2,50,55). The van der Waals surface area contributed by atoms with Crippen molar-refractivity contribution in [2.45, 2.75) is 253 Å². The van der Waals surface area contributed by atoms with Crippen LogP contribution in [0.25, 0.3) is 0 Å². The highest BCUT2D eigenvalue weighted by molar-refractivity contribution is 6.01. The Morgan fingerprint density at radius 3 is 1.31 bits per heavy atom. The van der Waals surface area contributed by atoms with Crippen LogP contribution in [-0.4, -0.2) is 46.2 Å². The maximum Gasteiger partial charge on any atom is 0.335 e. The molecule has 4 N–H and O–H groups in total. The van der Waals surface area contributed by atoms with Crippen molar-refractivity contribution in [1.82, 2.24) is 5.01 Å². The number of aliphatic hydroxyl groups is 2. The Hall–Kier alpha value is -1.66. The van der Waals surface area contributed by atoms with Crippen molar-refractivity contribution in [3.05, 3.63) is 22.3 Å². The van der Waals surface area contributed by atoms with Gasteiger partial charge in [0, 0.05) is 13.2 Å². The number of hydrogen-bond donors (Lipinski definition) is 3. The van der Waals surface area contributed by atoms with Gasteiger partial charge < -0.3 is 15.9 Å². The molecule has 320 valence electrons. The summed E-state index contributed by atoms with van der Waals surface area (Å²) >= 11 is 0. The van der Waals surface area contributed by atoms with Gasteiger partial charge in [-0.15, -0.1) is 0 Å². The molecular formula is C49H91N3O3. The SMILES string of the molecule is CC1=C(CCCCCCCCCCCCCCCO)C(C)(C)CCC1=NN(C(N)=O)C1CCC(C)(C)C(CCCCCCCCCCCCCCCO)=C1C. The van der Waals surface area contributed by atoms with Crippen LogP contribution >= 0.6 is 0 Å². The number of nitrogens with two attached hydrogens (primary N) is 1. The zero-order valence-electron chi connectivity index (χ0n) is 37.4. The molecular weight excluding hydrogens is 679 g/mol. The molecule has 0 heterocycles. The van der Waals surface area contributed by atoms with E-state index in [1.165, 1.54) is 176 Å². The number of carbonyl (C=O) groups is 1. The Kier molecular flexibility index (Phi) is 25.8. The third kappa shape index (κ3) is 19.6. The summed E-state index contributed by atoms with van der Waals surface area (Å²) in [6, 6.07) is -0.472. The molecule has 2 amide bonds. The maximum atomic E-state index is 13.1. The minimum absolute atomic E-state index is 0.0502. The van der Waals surface area contributed by atoms with Crippen LogP contribution in [0, 0.1) is 10.8 Å². The quantitative estimate of drug-likeness (QED) is 0.0361. The van der Waals surface area contributed by atoms with E-state index in [1.807, 2.05) is 0 Å². The highest BCUT2D eigenvalue weighted by Crippen LogP contribution is 2.45. The monoisotopic (exact) mass is 770 g/mol. The van der Waals surface area contributed by atoms with Crippen molar-refractivity contribution < 1.29 is 15.0 Å². The first-order valence-corrected chi connectivity index (χ1v) is 23.7. The molecule has 2 aliphatic carbocycles. The number of urea groups is 1. The van der Waals surface area contributed by atoms with Crippen LogP contribution < -0.4 is 5.73 Å². The summed E-state index contributed by atoms with van der Waals surface area (Å²) < 4.78 is 0. The number of carbonyl (C=O) groups excluding carboxylic acids is 1. The van der Waals surface area contributed by atoms with E-state index in [9.17, 15) is 4.79 Å². The predicted octanol–water partition coefficient (Wildman–Crippen LogP) is 14.3. The van der Waals surface area contributed by atoms with E-state index in [1.54, 1.807) is 5.01 Å². The molecule has 0 aromatic rings. The molecule has 0 saturated carbocycles. The summed E-state index contributed by atoms with van der Waals surface area (Å²) in [6.07, 6.45) is 39.6. The van der Waals surface area contributed by atoms with Crippen LogP contribution in [0.1, 0.15) is 247 Å². The van der Waals surface area contributed by atoms with E-state index in [0.717, 1.165) is 57.1 Å². The van der Waals surface area contributed by atoms with E-state index >= 15 is 0 Å². The Balaban J connectivity index is 1.86. The van der Waals surface area contributed by atoms with Crippen LogP contribution in [0.4, 0.5) is 4.79 Å². The van der Waals surface area contributed by atoms with Crippen molar-refractivity contribution >= 4 is 11.7 Å². The van der Waals surface area contributed by atoms with E-state index in [2.05, 4.69) is 41.5 Å². The minimum Gasteiger partial charge on any atom is -0.396 e. The van der Waals surface area contributed by atoms with Gasteiger partial charge in [0.05, 0.1) is 11.8 Å². The first-order chi connectivity index (χ1) is 26.5. The summed E-state index contributed by atoms with van der Waals surface area (Å²) in [4.78, 5) is 13.1. The lowest BCUT2D eigenvalue weighted by Gasteiger charge is -2.42. The average molecular weight is 770 g/mol. The molecule has 2 rings (SSSR count). The molecule has 1 unspecified atom stereocenters. The van der Waals surface area contributed by atoms with E-state index in [0.29, 0.717) is 13.2 Å². The number of allylic oxidation sites excluding steroid dienone is 3. The lowest BCUT2D eigenvalue weighted by Crippen LogP contribution is -2.45. The van der Waals surface area contributed by atoms with Crippen molar-refractivity contribution in [2.24, 2.45) is 21.7 Å². The molecule has 0 aliphatic heterocycles. The Labute approximate surface area is 341 Å². The van der Waals surface area contributed by atoms with Gasteiger partial charge in [-0.05, 0) is 100 Å². The van der Waals surface area contributed by atoms with Crippen molar-refractivity contribution in [3.8, 4) is 0 Å². The molecule has 0 radical (unpaired) electrons. The Bertz CT molecular complexity index is 1140. The zero-order valence-corrected chi connectivity index (χ0v) is 37.4. The molecule has 0 fully saturated rings. The van der Waals surface area contributed by atoms with Gasteiger partial charge in [0.1, 0.15) is 0 Å². The number of primary amides is 1. The Morgan fingerprint density at radius 2 is 0.927 bits per heavy atom. The third-order valence-corrected chi connectivity index (χ3v) is 13.4. The largest absolute Gasteiger partial charge is 0.396 e. The fourth-order valence-electron chi connectivity index (χ4n) is 9.66. The molecule has 6 nitrogen and oxygen atoms in total. The first kappa shape index (κ1) is 49.5. The van der Waals surface area contributed by atoms with Gasteiger partial charge in [-0.3, -0.25) is 0 Å². The normalized spacial score (nSPS) is 19.1. The maximum absolute atomic E-state index is 13.1. The molecule has 0 aromatic heterocycles. The summed E-state index contributed by atoms with van der Waals surface area (Å²) in [7, 11) is 0. The topological polar surface area (TPSA) is 99.2 Å². The second kappa shape index (κ2) is 28.7. The summed E-state index contributed by atoms with van der Waals surface area (Å²) in [5.74, 6) is 0. The van der Waals surface area contributed by atoms with Crippen molar-refractivity contribution in [2.75, 3.05) is 13.2 Å². The van der Waals surface area contributed by atoms with Crippen LogP contribution in [0.2, 0.25) is 0 Å². The van der Waals surface area contributed by atoms with Crippen LogP contribution in [0.15, 0.2) is 27.4 Å². The summed E-state index contributed by atoms with van der Waals surface area (Å²) in [6.45, 7) is 14.8. The number of hydrazone groups is 1. The van der Waals surface area contributed by atoms with E-state index in [4.69, 9.17) is 21.0 Å². The fourth-order valence-corrected chi connectivity index (χ4v) is 9.66. The lowest BCUT2D eigenvalue weighted by molar-refractivity contribution is 0.177.